The average Bonchev–Trinajstić information content (AvgIpc) is 2.77. The molecule has 2 amide bonds. The molecular weight excluding hydrogens is 451 g/mol. The number of carbonyl (C=O) groups excluding carboxylic acids is 2. The van der Waals surface area contributed by atoms with Crippen molar-refractivity contribution in [2.75, 3.05) is 36.5 Å². The molecule has 3 N–H and O–H groups in total. The van der Waals surface area contributed by atoms with Crippen molar-refractivity contribution in [1.82, 2.24) is 10.2 Å². The zero-order valence-corrected chi connectivity index (χ0v) is 19.7. The summed E-state index contributed by atoms with van der Waals surface area (Å²) in [5, 5.41) is 7.05. The van der Waals surface area contributed by atoms with E-state index < -0.39 is 0 Å². The quantitative estimate of drug-likeness (QED) is 0.372. The normalized spacial score (nSPS) is 17.6. The highest BCUT2D eigenvalue weighted by Crippen LogP contribution is 2.39. The van der Waals surface area contributed by atoms with Crippen molar-refractivity contribution in [1.29, 1.82) is 0 Å². The van der Waals surface area contributed by atoms with Crippen molar-refractivity contribution >= 4 is 46.6 Å². The monoisotopic (exact) mass is 478 g/mol. The largest absolute Gasteiger partial charge is 0.378 e. The summed E-state index contributed by atoms with van der Waals surface area (Å²) < 4.78 is 5.37. The fourth-order valence-electron chi connectivity index (χ4n) is 3.92. The lowest BCUT2D eigenvalue weighted by atomic mass is 9.90. The number of fused-ring (bicyclic) bond motifs is 1. The van der Waals surface area contributed by atoms with Crippen molar-refractivity contribution in [3.05, 3.63) is 58.6 Å². The number of hydrogen-bond acceptors (Lipinski definition) is 5. The first kappa shape index (κ1) is 24.3. The molecule has 3 rings (SSSR count). The number of rotatable bonds is 9. The number of nitrogens with zero attached hydrogens (tertiary/aromatic N) is 1. The molecule has 0 unspecified atom stereocenters. The number of benzene rings is 2. The predicted molar refractivity (Wildman–Crippen MR) is 129 cm³/mol. The second-order valence-electron chi connectivity index (χ2n) is 7.70. The van der Waals surface area contributed by atoms with Gasteiger partial charge in [0.2, 0.25) is 5.91 Å². The number of carbonyl (C=O) groups is 2. The number of ether oxygens (including phenoxy) is 1. The van der Waals surface area contributed by atoms with Crippen molar-refractivity contribution in [2.45, 2.75) is 32.4 Å². The van der Waals surface area contributed by atoms with Gasteiger partial charge in [0.1, 0.15) is 0 Å². The molecule has 0 aromatic heterocycles. The highest BCUT2D eigenvalue weighted by molar-refractivity contribution is 6.30. The molecule has 0 radical (unpaired) electrons. The second-order valence-corrected chi connectivity index (χ2v) is 8.41. The molecule has 0 saturated heterocycles. The Morgan fingerprint density at radius 1 is 1.12 bits per heavy atom. The van der Waals surface area contributed by atoms with Gasteiger partial charge in [-0.25, -0.2) is 4.84 Å². The number of hydrogen-bond donors (Lipinski definition) is 3. The van der Waals surface area contributed by atoms with Crippen LogP contribution >= 0.6 is 23.4 Å². The molecule has 7 nitrogen and oxygen atoms in total. The summed E-state index contributed by atoms with van der Waals surface area (Å²) in [6.45, 7) is 5.38. The van der Waals surface area contributed by atoms with Crippen molar-refractivity contribution in [2.24, 2.45) is 0 Å². The van der Waals surface area contributed by atoms with E-state index in [4.69, 9.17) is 28.1 Å². The Morgan fingerprint density at radius 3 is 2.53 bits per heavy atom. The molecule has 32 heavy (non-hydrogen) atoms. The molecule has 0 aliphatic carbocycles. The Labute approximate surface area is 198 Å². The van der Waals surface area contributed by atoms with Crippen LogP contribution in [-0.4, -0.2) is 44.2 Å². The second kappa shape index (κ2) is 11.5. The van der Waals surface area contributed by atoms with Gasteiger partial charge >= 0.3 is 0 Å². The summed E-state index contributed by atoms with van der Waals surface area (Å²) in [5.41, 5.74) is 3.18. The van der Waals surface area contributed by atoms with Crippen LogP contribution in [0, 0.1) is 0 Å². The topological polar surface area (TPSA) is 82.7 Å². The van der Waals surface area contributed by atoms with E-state index in [1.165, 1.54) is 0 Å². The van der Waals surface area contributed by atoms with E-state index in [0.29, 0.717) is 43.3 Å². The third-order valence-corrected chi connectivity index (χ3v) is 5.78. The van der Waals surface area contributed by atoms with Crippen LogP contribution in [0.15, 0.2) is 42.5 Å². The summed E-state index contributed by atoms with van der Waals surface area (Å²) in [6, 6.07) is 12.9. The molecule has 2 atom stereocenters. The van der Waals surface area contributed by atoms with Crippen LogP contribution in [0.5, 0.6) is 0 Å². The summed E-state index contributed by atoms with van der Waals surface area (Å²) >= 11 is 11.4. The molecule has 9 heteroatoms. The highest BCUT2D eigenvalue weighted by Gasteiger charge is 2.33. The van der Waals surface area contributed by atoms with Gasteiger partial charge in [-0.05, 0) is 73.1 Å². The first-order valence-corrected chi connectivity index (χ1v) is 11.3. The van der Waals surface area contributed by atoms with E-state index in [1.54, 1.807) is 17.9 Å². The van der Waals surface area contributed by atoms with E-state index in [1.807, 2.05) is 43.3 Å². The van der Waals surface area contributed by atoms with Gasteiger partial charge < -0.3 is 20.3 Å². The van der Waals surface area contributed by atoms with E-state index in [9.17, 15) is 9.59 Å². The molecule has 172 valence electrons. The maximum Gasteiger partial charge on any atom is 0.251 e. The first-order valence-electron chi connectivity index (χ1n) is 10.6. The van der Waals surface area contributed by atoms with Crippen LogP contribution in [-0.2, 0) is 9.53 Å². The Morgan fingerprint density at radius 2 is 1.84 bits per heavy atom. The minimum Gasteiger partial charge on any atom is -0.378 e. The lowest BCUT2D eigenvalue weighted by Crippen LogP contribution is -2.43. The van der Waals surface area contributed by atoms with Crippen LogP contribution in [0.1, 0.15) is 42.2 Å². The number of nitrogens with one attached hydrogen (secondary N) is 3. The maximum absolute atomic E-state index is 12.7. The van der Waals surface area contributed by atoms with Gasteiger partial charge in [-0.3, -0.25) is 9.59 Å². The van der Waals surface area contributed by atoms with Crippen molar-refractivity contribution in [3.8, 4) is 0 Å². The van der Waals surface area contributed by atoms with Crippen LogP contribution in [0.25, 0.3) is 0 Å². The van der Waals surface area contributed by atoms with Gasteiger partial charge in [0, 0.05) is 48.0 Å². The minimum atomic E-state index is -0.190. The molecule has 2 aromatic rings. The molecule has 1 aliphatic rings. The Bertz CT molecular complexity index is 939. The van der Waals surface area contributed by atoms with Crippen LogP contribution in [0.3, 0.4) is 0 Å². The molecule has 0 fully saturated rings. The van der Waals surface area contributed by atoms with E-state index in [-0.39, 0.29) is 23.9 Å². The van der Waals surface area contributed by atoms with Crippen LogP contribution in [0.4, 0.5) is 11.4 Å². The maximum atomic E-state index is 12.7. The zero-order chi connectivity index (χ0) is 23.1. The van der Waals surface area contributed by atoms with Gasteiger partial charge in [0.15, 0.2) is 0 Å². The van der Waals surface area contributed by atoms with Crippen LogP contribution < -0.4 is 20.4 Å². The van der Waals surface area contributed by atoms with Crippen molar-refractivity contribution < 1.29 is 14.3 Å². The van der Waals surface area contributed by atoms with Crippen molar-refractivity contribution in [3.63, 3.8) is 0 Å². The Hall–Kier alpha value is -2.32. The number of halogens is 2. The molecule has 0 saturated carbocycles. The van der Waals surface area contributed by atoms with Gasteiger partial charge in [0.05, 0.1) is 19.3 Å². The Kier molecular flexibility index (Phi) is 8.75. The average molecular weight is 479 g/mol. The standard InChI is InChI=1S/C23H28Cl2N4O3/c1-15-13-21(28-19-6-4-18(24)5-7-19)20-14-17(3-8-22(20)29(15)16(2)30)23(31)26-9-11-32-12-10-27-25/h3-8,14-15,21,27-28H,9-13H2,1-2H3,(H,26,31)/t15-,21+/m0/s1. The van der Waals surface area contributed by atoms with E-state index in [0.717, 1.165) is 16.9 Å². The first-order chi connectivity index (χ1) is 15.4. The SMILES string of the molecule is CC(=O)N1c2ccc(C(=O)NCCOCCNCl)cc2[C@H](Nc2ccc(Cl)cc2)C[C@@H]1C. The molecule has 0 spiro atoms. The van der Waals surface area contributed by atoms with Gasteiger partial charge in [-0.1, -0.05) is 11.6 Å². The van der Waals surface area contributed by atoms with Crippen LogP contribution in [0.2, 0.25) is 5.02 Å². The van der Waals surface area contributed by atoms with Gasteiger partial charge in [0.25, 0.3) is 5.91 Å². The smallest absolute Gasteiger partial charge is 0.251 e. The third kappa shape index (κ3) is 6.13. The summed E-state index contributed by atoms with van der Waals surface area (Å²) in [4.78, 5) is 29.3. The van der Waals surface area contributed by atoms with Gasteiger partial charge in [-0.15, -0.1) is 0 Å². The molecular formula is C23H28Cl2N4O3. The lowest BCUT2D eigenvalue weighted by molar-refractivity contribution is -0.117. The van der Waals surface area contributed by atoms with E-state index in [2.05, 4.69) is 15.5 Å². The fraction of sp³-hybridized carbons (Fsp3) is 0.391. The number of amides is 2. The summed E-state index contributed by atoms with van der Waals surface area (Å²) in [5.74, 6) is -0.213. The number of anilines is 2. The van der Waals surface area contributed by atoms with E-state index >= 15 is 0 Å². The molecule has 1 heterocycles. The fourth-order valence-corrected chi connectivity index (χ4v) is 4.12. The minimum absolute atomic E-state index is 0.0177. The highest BCUT2D eigenvalue weighted by atomic mass is 35.5. The third-order valence-electron chi connectivity index (χ3n) is 5.34. The predicted octanol–water partition coefficient (Wildman–Crippen LogP) is 4.13. The molecule has 1 aliphatic heterocycles. The van der Waals surface area contributed by atoms with Gasteiger partial charge in [-0.2, -0.15) is 0 Å². The Balaban J connectivity index is 1.79. The zero-order valence-electron chi connectivity index (χ0n) is 18.2. The summed E-state index contributed by atoms with van der Waals surface area (Å²) in [7, 11) is 0. The summed E-state index contributed by atoms with van der Waals surface area (Å²) in [6.07, 6.45) is 0.711. The molecule has 2 aromatic carbocycles. The lowest BCUT2D eigenvalue weighted by Gasteiger charge is -2.39. The molecule has 0 bridgehead atoms.